The second kappa shape index (κ2) is 7.03. The number of fused-ring (bicyclic) bond motifs is 1. The van der Waals surface area contributed by atoms with Crippen LogP contribution in [0.15, 0.2) is 33.9 Å². The van der Waals surface area contributed by atoms with Gasteiger partial charge in [-0.05, 0) is 24.1 Å². The summed E-state index contributed by atoms with van der Waals surface area (Å²) >= 11 is 0. The molecule has 3 aromatic rings. The number of benzene rings is 1. The molecule has 2 heterocycles. The Kier molecular flexibility index (Phi) is 5.07. The Labute approximate surface area is 165 Å². The van der Waals surface area contributed by atoms with Gasteiger partial charge in [0.2, 0.25) is 5.82 Å². The van der Waals surface area contributed by atoms with E-state index < -0.39 is 35.1 Å². The maximum absolute atomic E-state index is 13.4. The third-order valence-corrected chi connectivity index (χ3v) is 4.40. The number of imidazole rings is 1. The molecule has 0 saturated carbocycles. The van der Waals surface area contributed by atoms with Gasteiger partial charge < -0.3 is 4.57 Å². The molecule has 6 nitrogen and oxygen atoms in total. The number of aromatic nitrogens is 4. The lowest BCUT2D eigenvalue weighted by atomic mass is 10.2. The number of alkyl halides is 6. The van der Waals surface area contributed by atoms with Crippen LogP contribution in [0.2, 0.25) is 0 Å². The van der Waals surface area contributed by atoms with Crippen molar-refractivity contribution in [1.82, 2.24) is 18.7 Å². The largest absolute Gasteiger partial charge is 0.449 e. The smallest absolute Gasteiger partial charge is 0.320 e. The van der Waals surface area contributed by atoms with Crippen LogP contribution in [-0.4, -0.2) is 18.7 Å². The second-order valence-electron chi connectivity index (χ2n) is 7.15. The highest BCUT2D eigenvalue weighted by Crippen LogP contribution is 2.33. The number of hydrogen-bond donors (Lipinski definition) is 0. The summed E-state index contributed by atoms with van der Waals surface area (Å²) in [5, 5.41) is 0. The summed E-state index contributed by atoms with van der Waals surface area (Å²) < 4.78 is 80.9. The lowest BCUT2D eigenvalue weighted by Crippen LogP contribution is -2.40. The maximum atomic E-state index is 13.4. The summed E-state index contributed by atoms with van der Waals surface area (Å²) in [5.74, 6) is -1.33. The third-order valence-electron chi connectivity index (χ3n) is 4.40. The first-order valence-corrected chi connectivity index (χ1v) is 8.70. The lowest BCUT2D eigenvalue weighted by Gasteiger charge is -2.15. The second-order valence-corrected chi connectivity index (χ2v) is 7.15. The fraction of sp³-hybridized carbons (Fsp3) is 0.389. The fourth-order valence-corrected chi connectivity index (χ4v) is 3.15. The van der Waals surface area contributed by atoms with Crippen LogP contribution in [-0.2, 0) is 25.9 Å². The zero-order valence-corrected chi connectivity index (χ0v) is 16.0. The summed E-state index contributed by atoms with van der Waals surface area (Å²) in [4.78, 5) is 28.3. The van der Waals surface area contributed by atoms with Crippen LogP contribution >= 0.6 is 0 Å². The predicted molar refractivity (Wildman–Crippen MR) is 95.4 cm³/mol. The summed E-state index contributed by atoms with van der Waals surface area (Å²) in [6, 6.07) is 3.74. The Morgan fingerprint density at radius 2 is 1.63 bits per heavy atom. The first-order valence-electron chi connectivity index (χ1n) is 8.70. The highest BCUT2D eigenvalue weighted by molar-refractivity contribution is 5.78. The molecule has 0 fully saturated rings. The molecule has 0 spiro atoms. The summed E-state index contributed by atoms with van der Waals surface area (Å²) in [7, 11) is 0.852. The molecule has 30 heavy (non-hydrogen) atoms. The van der Waals surface area contributed by atoms with Crippen LogP contribution in [0.1, 0.15) is 25.4 Å². The van der Waals surface area contributed by atoms with E-state index in [1.807, 2.05) is 0 Å². The SMILES string of the molecule is CC(C)Cn1c(C(F)(F)F)nc2ccc(-n3c(=O)cc(C(F)(F)F)n(C)c3=O)cc21. The Morgan fingerprint density at radius 3 is 2.17 bits per heavy atom. The molecule has 0 atom stereocenters. The molecule has 2 aromatic heterocycles. The van der Waals surface area contributed by atoms with Gasteiger partial charge in [-0.25, -0.2) is 14.3 Å². The monoisotopic (exact) mass is 434 g/mol. The number of halogens is 6. The average Bonchev–Trinajstić information content (AvgIpc) is 2.95. The van der Waals surface area contributed by atoms with Gasteiger partial charge in [0.15, 0.2) is 0 Å². The van der Waals surface area contributed by atoms with E-state index in [1.165, 1.54) is 6.07 Å². The highest BCUT2D eigenvalue weighted by Gasteiger charge is 2.38. The van der Waals surface area contributed by atoms with Crippen molar-refractivity contribution in [3.8, 4) is 5.69 Å². The van der Waals surface area contributed by atoms with Crippen molar-refractivity contribution < 1.29 is 26.3 Å². The minimum Gasteiger partial charge on any atom is -0.320 e. The molecule has 12 heteroatoms. The molecule has 162 valence electrons. The van der Waals surface area contributed by atoms with Gasteiger partial charge in [0.1, 0.15) is 5.69 Å². The predicted octanol–water partition coefficient (Wildman–Crippen LogP) is 3.58. The summed E-state index contributed by atoms with van der Waals surface area (Å²) in [6.45, 7) is 3.35. The van der Waals surface area contributed by atoms with E-state index in [9.17, 15) is 35.9 Å². The number of hydrogen-bond acceptors (Lipinski definition) is 3. The molecule has 0 unspecified atom stereocenters. The van der Waals surface area contributed by atoms with Crippen LogP contribution in [0.25, 0.3) is 16.7 Å². The highest BCUT2D eigenvalue weighted by atomic mass is 19.4. The van der Waals surface area contributed by atoms with Crippen LogP contribution in [0.3, 0.4) is 0 Å². The van der Waals surface area contributed by atoms with Gasteiger partial charge in [0, 0.05) is 19.7 Å². The Hall–Kier alpha value is -3.05. The minimum atomic E-state index is -4.92. The molecule has 0 amide bonds. The van der Waals surface area contributed by atoms with Gasteiger partial charge in [0.25, 0.3) is 5.56 Å². The fourth-order valence-electron chi connectivity index (χ4n) is 3.15. The average molecular weight is 434 g/mol. The van der Waals surface area contributed by atoms with E-state index in [-0.39, 0.29) is 39.8 Å². The van der Waals surface area contributed by atoms with E-state index in [4.69, 9.17) is 0 Å². The zero-order valence-electron chi connectivity index (χ0n) is 16.0. The van der Waals surface area contributed by atoms with Crippen molar-refractivity contribution in [2.75, 3.05) is 0 Å². The molecule has 0 saturated heterocycles. The van der Waals surface area contributed by atoms with E-state index in [0.29, 0.717) is 4.57 Å². The summed E-state index contributed by atoms with van der Waals surface area (Å²) in [6.07, 6.45) is -9.66. The van der Waals surface area contributed by atoms with Crippen molar-refractivity contribution in [2.45, 2.75) is 32.7 Å². The van der Waals surface area contributed by atoms with Crippen molar-refractivity contribution in [2.24, 2.45) is 13.0 Å². The Bertz CT molecular complexity index is 1230. The molecule has 3 rings (SSSR count). The topological polar surface area (TPSA) is 61.8 Å². The summed E-state index contributed by atoms with van der Waals surface area (Å²) in [5.41, 5.74) is -4.15. The van der Waals surface area contributed by atoms with Gasteiger partial charge in [-0.3, -0.25) is 9.36 Å². The first kappa shape index (κ1) is 21.7. The van der Waals surface area contributed by atoms with Crippen LogP contribution in [0, 0.1) is 5.92 Å². The van der Waals surface area contributed by atoms with Crippen LogP contribution < -0.4 is 11.2 Å². The van der Waals surface area contributed by atoms with Gasteiger partial charge in [0.05, 0.1) is 16.7 Å². The lowest BCUT2D eigenvalue weighted by molar-refractivity contribution is -0.147. The van der Waals surface area contributed by atoms with Crippen molar-refractivity contribution >= 4 is 11.0 Å². The van der Waals surface area contributed by atoms with E-state index in [2.05, 4.69) is 4.98 Å². The van der Waals surface area contributed by atoms with Crippen molar-refractivity contribution in [3.63, 3.8) is 0 Å². The van der Waals surface area contributed by atoms with E-state index >= 15 is 0 Å². The molecule has 0 bridgehead atoms. The standard InChI is InChI=1S/C18H16F6N4O2/c1-9(2)8-27-12-6-10(4-5-11(12)25-15(27)18(22,23)24)28-14(29)7-13(17(19,20)21)26(3)16(28)30/h4-7,9H,8H2,1-3H3. The molecular weight excluding hydrogens is 418 g/mol. The number of rotatable bonds is 3. The minimum absolute atomic E-state index is 0.00220. The quantitative estimate of drug-likeness (QED) is 0.592. The number of nitrogens with zero attached hydrogens (tertiary/aromatic N) is 4. The first-order chi connectivity index (χ1) is 13.7. The van der Waals surface area contributed by atoms with Crippen molar-refractivity contribution in [1.29, 1.82) is 0 Å². The third kappa shape index (κ3) is 3.73. The molecule has 0 aliphatic carbocycles. The molecule has 0 radical (unpaired) electrons. The molecule has 0 aliphatic heterocycles. The van der Waals surface area contributed by atoms with Gasteiger partial charge in [-0.2, -0.15) is 26.3 Å². The Morgan fingerprint density at radius 1 is 1.00 bits per heavy atom. The van der Waals surface area contributed by atoms with E-state index in [1.54, 1.807) is 13.8 Å². The molecule has 0 N–H and O–H groups in total. The van der Waals surface area contributed by atoms with Crippen molar-refractivity contribution in [3.05, 3.63) is 56.6 Å². The molecule has 0 aliphatic rings. The van der Waals surface area contributed by atoms with Gasteiger partial charge in [-0.15, -0.1) is 0 Å². The molecule has 1 aromatic carbocycles. The Balaban J connectivity index is 2.30. The van der Waals surface area contributed by atoms with Gasteiger partial charge >= 0.3 is 18.0 Å². The maximum Gasteiger partial charge on any atom is 0.449 e. The molecular formula is C18H16F6N4O2. The zero-order chi connectivity index (χ0) is 22.6. The van der Waals surface area contributed by atoms with Crippen LogP contribution in [0.4, 0.5) is 26.3 Å². The van der Waals surface area contributed by atoms with Crippen LogP contribution in [0.5, 0.6) is 0 Å². The van der Waals surface area contributed by atoms with E-state index in [0.717, 1.165) is 23.7 Å². The normalized spacial score (nSPS) is 12.9. The van der Waals surface area contributed by atoms with Gasteiger partial charge in [-0.1, -0.05) is 13.8 Å².